The Kier molecular flexibility index (Phi) is 13.2. The van der Waals surface area contributed by atoms with E-state index in [4.69, 9.17) is 9.84 Å². The van der Waals surface area contributed by atoms with Crippen molar-refractivity contribution < 1.29 is 24.5 Å². The first-order chi connectivity index (χ1) is 18.2. The lowest BCUT2D eigenvalue weighted by Gasteiger charge is -2.18. The summed E-state index contributed by atoms with van der Waals surface area (Å²) in [6.07, 6.45) is 3.53. The summed E-state index contributed by atoms with van der Waals surface area (Å²) in [6.45, 7) is 10.5. The van der Waals surface area contributed by atoms with Crippen LogP contribution < -0.4 is 5.32 Å². The van der Waals surface area contributed by atoms with Gasteiger partial charge < -0.3 is 20.3 Å². The van der Waals surface area contributed by atoms with E-state index in [0.29, 0.717) is 17.7 Å². The van der Waals surface area contributed by atoms with E-state index in [1.807, 2.05) is 50.2 Å². The number of aliphatic carboxylic acids is 1. The topological polar surface area (TPSA) is 95.9 Å². The Hall–Kier alpha value is -3.00. The number of benzene rings is 2. The van der Waals surface area contributed by atoms with Crippen molar-refractivity contribution in [1.29, 1.82) is 0 Å². The maximum atomic E-state index is 13.0. The van der Waals surface area contributed by atoms with Crippen molar-refractivity contribution in [3.63, 3.8) is 0 Å². The van der Waals surface area contributed by atoms with Crippen molar-refractivity contribution in [2.24, 2.45) is 0 Å². The van der Waals surface area contributed by atoms with Gasteiger partial charge in [-0.1, -0.05) is 63.9 Å². The number of carbonyl (C=O) groups excluding carboxylic acids is 1. The Morgan fingerprint density at radius 2 is 1.71 bits per heavy atom. The molecule has 0 aliphatic carbocycles. The number of ether oxygens (including phenoxy) is 1. The van der Waals surface area contributed by atoms with E-state index in [1.54, 1.807) is 17.4 Å². The van der Waals surface area contributed by atoms with Gasteiger partial charge in [0, 0.05) is 28.3 Å². The van der Waals surface area contributed by atoms with Crippen molar-refractivity contribution in [3.8, 4) is 11.1 Å². The normalized spacial score (nSPS) is 12.3. The number of nitrogens with one attached hydrogen (secondary N) is 1. The molecule has 1 amide bonds. The number of unbranched alkanes of at least 4 members (excludes halogenated alkanes) is 1. The van der Waals surface area contributed by atoms with Gasteiger partial charge in [-0.15, -0.1) is 11.3 Å². The molecule has 38 heavy (non-hydrogen) atoms. The number of hydrogen-bond acceptors (Lipinski definition) is 5. The molecule has 0 fully saturated rings. The van der Waals surface area contributed by atoms with Gasteiger partial charge in [-0.3, -0.25) is 4.79 Å². The minimum absolute atomic E-state index is 0.0509. The Morgan fingerprint density at radius 3 is 2.29 bits per heavy atom. The number of thiophene rings is 1. The lowest BCUT2D eigenvalue weighted by Crippen LogP contribution is -2.41. The molecule has 3 N–H and O–H groups in total. The molecule has 0 saturated carbocycles. The van der Waals surface area contributed by atoms with Crippen molar-refractivity contribution in [2.45, 2.75) is 79.1 Å². The van der Waals surface area contributed by atoms with Gasteiger partial charge in [0.25, 0.3) is 5.91 Å². The molecule has 6 nitrogen and oxygen atoms in total. The van der Waals surface area contributed by atoms with E-state index in [-0.39, 0.29) is 19.1 Å². The zero-order valence-corrected chi connectivity index (χ0v) is 23.9. The molecule has 206 valence electrons. The second-order valence-electron chi connectivity index (χ2n) is 9.18. The third-order valence-electron chi connectivity index (χ3n) is 6.22. The van der Waals surface area contributed by atoms with E-state index < -0.39 is 17.9 Å². The second kappa shape index (κ2) is 16.1. The lowest BCUT2D eigenvalue weighted by atomic mass is 9.93. The van der Waals surface area contributed by atoms with Crippen LogP contribution in [0.1, 0.15) is 84.3 Å². The first-order valence-corrected chi connectivity index (χ1v) is 14.1. The minimum Gasteiger partial charge on any atom is -0.480 e. The quantitative estimate of drug-likeness (QED) is 0.232. The molecule has 3 aromatic rings. The summed E-state index contributed by atoms with van der Waals surface area (Å²) in [5.41, 5.74) is 3.89. The van der Waals surface area contributed by atoms with E-state index in [0.717, 1.165) is 23.1 Å². The molecule has 0 saturated heterocycles. The number of aryl methyl sites for hydroxylation is 2. The highest BCUT2D eigenvalue weighted by molar-refractivity contribution is 7.12. The summed E-state index contributed by atoms with van der Waals surface area (Å²) < 4.78 is 6.13. The molecule has 0 spiro atoms. The van der Waals surface area contributed by atoms with Gasteiger partial charge >= 0.3 is 5.97 Å². The number of rotatable bonds is 12. The van der Waals surface area contributed by atoms with Crippen LogP contribution in [0.2, 0.25) is 0 Å². The molecule has 2 aromatic carbocycles. The molecular weight excluding hydrogens is 498 g/mol. The maximum Gasteiger partial charge on any atom is 0.326 e. The number of carboxylic acids is 1. The molecule has 0 aliphatic rings. The average molecular weight is 540 g/mol. The van der Waals surface area contributed by atoms with Crippen molar-refractivity contribution in [3.05, 3.63) is 81.0 Å². The zero-order valence-electron chi connectivity index (χ0n) is 23.1. The van der Waals surface area contributed by atoms with Gasteiger partial charge in [0.15, 0.2) is 0 Å². The Bertz CT molecular complexity index is 1170. The van der Waals surface area contributed by atoms with Gasteiger partial charge in [-0.05, 0) is 66.8 Å². The minimum atomic E-state index is -1.18. The molecule has 0 bridgehead atoms. The Morgan fingerprint density at radius 1 is 1.00 bits per heavy atom. The second-order valence-corrected chi connectivity index (χ2v) is 10.4. The fourth-order valence-electron chi connectivity index (χ4n) is 3.71. The highest BCUT2D eigenvalue weighted by Crippen LogP contribution is 2.30. The summed E-state index contributed by atoms with van der Waals surface area (Å²) in [5, 5.41) is 21.0. The van der Waals surface area contributed by atoms with Crippen LogP contribution in [-0.4, -0.2) is 34.7 Å². The van der Waals surface area contributed by atoms with E-state index >= 15 is 0 Å². The van der Waals surface area contributed by atoms with Crippen molar-refractivity contribution >= 4 is 23.2 Å². The van der Waals surface area contributed by atoms with E-state index in [2.05, 4.69) is 38.2 Å². The summed E-state index contributed by atoms with van der Waals surface area (Å²) in [7, 11) is 0. The number of hydrogen-bond donors (Lipinski definition) is 3. The van der Waals surface area contributed by atoms with Crippen LogP contribution in [0.3, 0.4) is 0 Å². The molecule has 7 heteroatoms. The van der Waals surface area contributed by atoms with Crippen LogP contribution >= 0.6 is 11.3 Å². The lowest BCUT2D eigenvalue weighted by molar-refractivity contribution is -0.139. The molecule has 3 rings (SSSR count). The smallest absolute Gasteiger partial charge is 0.326 e. The van der Waals surface area contributed by atoms with Gasteiger partial charge in [0.05, 0.1) is 12.7 Å². The number of carboxylic acid groups (broad SMARTS) is 1. The summed E-state index contributed by atoms with van der Waals surface area (Å²) in [6, 6.07) is 16.3. The number of carbonyl (C=O) groups is 2. The van der Waals surface area contributed by atoms with Gasteiger partial charge in [-0.25, -0.2) is 4.79 Å². The van der Waals surface area contributed by atoms with Crippen LogP contribution in [0.5, 0.6) is 0 Å². The predicted molar refractivity (Wildman–Crippen MR) is 155 cm³/mol. The van der Waals surface area contributed by atoms with E-state index in [9.17, 15) is 14.7 Å². The van der Waals surface area contributed by atoms with Crippen LogP contribution in [0.15, 0.2) is 54.6 Å². The van der Waals surface area contributed by atoms with E-state index in [1.165, 1.54) is 22.6 Å². The monoisotopic (exact) mass is 539 g/mol. The van der Waals surface area contributed by atoms with Crippen LogP contribution in [0.25, 0.3) is 11.1 Å². The third-order valence-corrected chi connectivity index (χ3v) is 7.61. The predicted octanol–water partition coefficient (Wildman–Crippen LogP) is 6.94. The standard InChI is InChI=1S/C27H31NO5S.C4H10/c1-4-20-10-12-25(34-20)18(3)33-16-19-9-11-22(26(30)28-24(13-14-29)27(31)32)23(15-19)21-8-6-5-7-17(21)2;1-3-4-2/h5-12,15,18,24,29H,4,13-14,16H2,1-3H3,(H,28,30)(H,31,32);3-4H2,1-2H3. The maximum absolute atomic E-state index is 13.0. The molecule has 0 aliphatic heterocycles. The molecule has 1 aromatic heterocycles. The highest BCUT2D eigenvalue weighted by atomic mass is 32.1. The van der Waals surface area contributed by atoms with Crippen molar-refractivity contribution in [2.75, 3.05) is 6.61 Å². The SMILES string of the molecule is CCCC.CCc1ccc(C(C)OCc2ccc(C(=O)NC(CCO)C(=O)O)c(-c3ccccc3C)c2)s1. The molecule has 1 heterocycles. The Labute approximate surface area is 230 Å². The summed E-state index contributed by atoms with van der Waals surface area (Å²) in [4.78, 5) is 27.0. The molecule has 2 unspecified atom stereocenters. The fourth-order valence-corrected chi connectivity index (χ4v) is 4.66. The van der Waals surface area contributed by atoms with Gasteiger partial charge in [0.1, 0.15) is 6.04 Å². The highest BCUT2D eigenvalue weighted by Gasteiger charge is 2.22. The largest absolute Gasteiger partial charge is 0.480 e. The zero-order chi connectivity index (χ0) is 28.1. The molecular formula is C31H41NO5S. The van der Waals surface area contributed by atoms with Gasteiger partial charge in [0.2, 0.25) is 0 Å². The molecule has 2 atom stereocenters. The van der Waals surface area contributed by atoms with Crippen LogP contribution in [0, 0.1) is 6.92 Å². The third kappa shape index (κ3) is 9.08. The Balaban J connectivity index is 0.00000118. The number of aliphatic hydroxyl groups is 1. The number of amides is 1. The van der Waals surface area contributed by atoms with Crippen LogP contribution in [0.4, 0.5) is 0 Å². The van der Waals surface area contributed by atoms with Gasteiger partial charge in [-0.2, -0.15) is 0 Å². The first-order valence-electron chi connectivity index (χ1n) is 13.3. The summed E-state index contributed by atoms with van der Waals surface area (Å²) >= 11 is 1.75. The average Bonchev–Trinajstić information content (AvgIpc) is 3.41. The number of aliphatic hydroxyl groups excluding tert-OH is 1. The first kappa shape index (κ1) is 31.2. The molecule has 0 radical (unpaired) electrons. The summed E-state index contributed by atoms with van der Waals surface area (Å²) in [5.74, 6) is -1.68. The van der Waals surface area contributed by atoms with Crippen LogP contribution in [-0.2, 0) is 22.6 Å². The van der Waals surface area contributed by atoms with Crippen molar-refractivity contribution in [1.82, 2.24) is 5.32 Å². The fraction of sp³-hybridized carbons (Fsp3) is 0.419.